The van der Waals surface area contributed by atoms with Crippen LogP contribution in [0.15, 0.2) is 0 Å². The van der Waals surface area contributed by atoms with E-state index < -0.39 is 11.2 Å². The summed E-state index contributed by atoms with van der Waals surface area (Å²) in [7, 11) is 0. The zero-order valence-electron chi connectivity index (χ0n) is 9.05. The molecule has 0 spiro atoms. The van der Waals surface area contributed by atoms with Crippen LogP contribution >= 0.6 is 0 Å². The average molecular weight is 174 g/mol. The van der Waals surface area contributed by atoms with Gasteiger partial charge in [0.2, 0.25) is 0 Å². The van der Waals surface area contributed by atoms with E-state index >= 15 is 0 Å². The lowest BCUT2D eigenvalue weighted by Crippen LogP contribution is -2.56. The van der Waals surface area contributed by atoms with Gasteiger partial charge in [0, 0.05) is 0 Å². The minimum atomic E-state index is -1.03. The molecule has 0 saturated heterocycles. The SMILES string of the molecule is CC(C)[C@@](C)(O)[C@](C)(O)C(C)C. The van der Waals surface area contributed by atoms with E-state index in [1.807, 2.05) is 27.7 Å². The Hall–Kier alpha value is -0.0800. The molecule has 0 aliphatic carbocycles. The lowest BCUT2D eigenvalue weighted by atomic mass is 9.72. The Morgan fingerprint density at radius 1 is 0.750 bits per heavy atom. The van der Waals surface area contributed by atoms with Gasteiger partial charge in [0.1, 0.15) is 0 Å². The summed E-state index contributed by atoms with van der Waals surface area (Å²) in [5, 5.41) is 20.1. The van der Waals surface area contributed by atoms with Crippen molar-refractivity contribution in [3.05, 3.63) is 0 Å². The zero-order valence-corrected chi connectivity index (χ0v) is 9.05. The number of aliphatic hydroxyl groups is 2. The predicted molar refractivity (Wildman–Crippen MR) is 50.9 cm³/mol. The van der Waals surface area contributed by atoms with Crippen molar-refractivity contribution < 1.29 is 10.2 Å². The minimum absolute atomic E-state index is 0.0508. The van der Waals surface area contributed by atoms with Crippen molar-refractivity contribution >= 4 is 0 Å². The van der Waals surface area contributed by atoms with Crippen LogP contribution in [0, 0.1) is 11.8 Å². The van der Waals surface area contributed by atoms with Crippen LogP contribution in [0.25, 0.3) is 0 Å². The summed E-state index contributed by atoms with van der Waals surface area (Å²) in [4.78, 5) is 0. The summed E-state index contributed by atoms with van der Waals surface area (Å²) in [6.45, 7) is 11.0. The molecule has 0 aliphatic rings. The molecule has 2 nitrogen and oxygen atoms in total. The van der Waals surface area contributed by atoms with Crippen molar-refractivity contribution in [3.63, 3.8) is 0 Å². The lowest BCUT2D eigenvalue weighted by molar-refractivity contribution is -0.176. The molecule has 0 heterocycles. The Morgan fingerprint density at radius 2 is 0.917 bits per heavy atom. The van der Waals surface area contributed by atoms with Crippen molar-refractivity contribution in [2.75, 3.05) is 0 Å². The van der Waals surface area contributed by atoms with E-state index in [-0.39, 0.29) is 11.8 Å². The Morgan fingerprint density at radius 3 is 1.00 bits per heavy atom. The van der Waals surface area contributed by atoms with Gasteiger partial charge < -0.3 is 10.2 Å². The van der Waals surface area contributed by atoms with E-state index in [1.54, 1.807) is 13.8 Å². The largest absolute Gasteiger partial charge is 0.387 e. The molecular weight excluding hydrogens is 152 g/mol. The summed E-state index contributed by atoms with van der Waals surface area (Å²) >= 11 is 0. The first kappa shape index (κ1) is 11.9. The van der Waals surface area contributed by atoms with Crippen molar-refractivity contribution in [1.82, 2.24) is 0 Å². The standard InChI is InChI=1S/C10H22O2/c1-7(2)9(5,11)10(6,12)8(3)4/h7-8,11-12H,1-6H3/t9-,10-/m1/s1. The highest BCUT2D eigenvalue weighted by Crippen LogP contribution is 2.34. The Labute approximate surface area is 75.6 Å². The first-order valence-electron chi connectivity index (χ1n) is 4.58. The van der Waals surface area contributed by atoms with Gasteiger partial charge in [0.25, 0.3) is 0 Å². The van der Waals surface area contributed by atoms with Crippen LogP contribution in [0.5, 0.6) is 0 Å². The first-order chi connectivity index (χ1) is 5.14. The number of hydrogen-bond acceptors (Lipinski definition) is 2. The van der Waals surface area contributed by atoms with Gasteiger partial charge in [0.05, 0.1) is 11.2 Å². The molecular formula is C10H22O2. The van der Waals surface area contributed by atoms with Crippen LogP contribution in [0.3, 0.4) is 0 Å². The number of hydrogen-bond donors (Lipinski definition) is 2. The van der Waals surface area contributed by atoms with Crippen LogP contribution in [-0.2, 0) is 0 Å². The van der Waals surface area contributed by atoms with Gasteiger partial charge in [-0.2, -0.15) is 0 Å². The van der Waals surface area contributed by atoms with Crippen LogP contribution in [-0.4, -0.2) is 21.4 Å². The van der Waals surface area contributed by atoms with Gasteiger partial charge in [-0.3, -0.25) is 0 Å². The third-order valence-corrected chi connectivity index (χ3v) is 3.27. The molecule has 74 valence electrons. The van der Waals surface area contributed by atoms with Crippen molar-refractivity contribution in [3.8, 4) is 0 Å². The summed E-state index contributed by atoms with van der Waals surface area (Å²) in [6, 6.07) is 0. The summed E-state index contributed by atoms with van der Waals surface area (Å²) < 4.78 is 0. The second-order valence-corrected chi connectivity index (χ2v) is 4.60. The fourth-order valence-electron chi connectivity index (χ4n) is 1.17. The summed E-state index contributed by atoms with van der Waals surface area (Å²) in [6.07, 6.45) is 0. The maximum Gasteiger partial charge on any atom is 0.0927 e. The molecule has 0 amide bonds. The van der Waals surface area contributed by atoms with Crippen LogP contribution in [0.4, 0.5) is 0 Å². The van der Waals surface area contributed by atoms with E-state index in [4.69, 9.17) is 0 Å². The highest BCUT2D eigenvalue weighted by Gasteiger charge is 2.45. The maximum atomic E-state index is 10.0. The van der Waals surface area contributed by atoms with Gasteiger partial charge >= 0.3 is 0 Å². The second-order valence-electron chi connectivity index (χ2n) is 4.60. The van der Waals surface area contributed by atoms with Gasteiger partial charge in [0.15, 0.2) is 0 Å². The normalized spacial score (nSPS) is 22.5. The highest BCUT2D eigenvalue weighted by molar-refractivity contribution is 4.97. The summed E-state index contributed by atoms with van der Waals surface area (Å²) in [5.74, 6) is 0.102. The molecule has 0 aromatic heterocycles. The maximum absolute atomic E-state index is 10.0. The molecule has 0 bridgehead atoms. The highest BCUT2D eigenvalue weighted by atomic mass is 16.4. The molecule has 0 unspecified atom stereocenters. The molecule has 0 aromatic rings. The molecule has 12 heavy (non-hydrogen) atoms. The Balaban J connectivity index is 4.75. The molecule has 0 aliphatic heterocycles. The van der Waals surface area contributed by atoms with Gasteiger partial charge in [-0.1, -0.05) is 27.7 Å². The monoisotopic (exact) mass is 174 g/mol. The first-order valence-corrected chi connectivity index (χ1v) is 4.58. The molecule has 0 rings (SSSR count). The number of rotatable bonds is 3. The van der Waals surface area contributed by atoms with E-state index in [0.29, 0.717) is 0 Å². The van der Waals surface area contributed by atoms with Crippen LogP contribution in [0.2, 0.25) is 0 Å². The molecule has 0 radical (unpaired) electrons. The minimum Gasteiger partial charge on any atom is -0.387 e. The van der Waals surface area contributed by atoms with E-state index in [2.05, 4.69) is 0 Å². The van der Waals surface area contributed by atoms with E-state index in [0.717, 1.165) is 0 Å². The fraction of sp³-hybridized carbons (Fsp3) is 1.00. The van der Waals surface area contributed by atoms with E-state index in [9.17, 15) is 10.2 Å². The molecule has 2 atom stereocenters. The van der Waals surface area contributed by atoms with Crippen molar-refractivity contribution in [2.24, 2.45) is 11.8 Å². The summed E-state index contributed by atoms with van der Waals surface area (Å²) in [5.41, 5.74) is -2.05. The Bertz CT molecular complexity index is 128. The molecule has 2 N–H and O–H groups in total. The van der Waals surface area contributed by atoms with Crippen LogP contribution < -0.4 is 0 Å². The Kier molecular flexibility index (Phi) is 3.32. The van der Waals surface area contributed by atoms with Crippen LogP contribution in [0.1, 0.15) is 41.5 Å². The molecule has 0 fully saturated rings. The fourth-order valence-corrected chi connectivity index (χ4v) is 1.17. The smallest absolute Gasteiger partial charge is 0.0927 e. The third-order valence-electron chi connectivity index (χ3n) is 3.27. The topological polar surface area (TPSA) is 40.5 Å². The molecule has 0 saturated carbocycles. The van der Waals surface area contributed by atoms with Gasteiger partial charge in [-0.15, -0.1) is 0 Å². The predicted octanol–water partition coefficient (Wildman–Crippen LogP) is 1.80. The molecule has 2 heteroatoms. The lowest BCUT2D eigenvalue weighted by Gasteiger charge is -2.44. The zero-order chi connectivity index (χ0) is 10.2. The second kappa shape index (κ2) is 3.35. The third kappa shape index (κ3) is 1.80. The average Bonchev–Trinajstić information content (AvgIpc) is 1.86. The van der Waals surface area contributed by atoms with Gasteiger partial charge in [-0.25, -0.2) is 0 Å². The van der Waals surface area contributed by atoms with E-state index in [1.165, 1.54) is 0 Å². The van der Waals surface area contributed by atoms with Crippen molar-refractivity contribution in [1.29, 1.82) is 0 Å². The quantitative estimate of drug-likeness (QED) is 0.685. The van der Waals surface area contributed by atoms with Gasteiger partial charge in [-0.05, 0) is 25.7 Å². The van der Waals surface area contributed by atoms with Crippen molar-refractivity contribution in [2.45, 2.75) is 52.7 Å². The molecule has 0 aromatic carbocycles.